The van der Waals surface area contributed by atoms with Crippen LogP contribution < -0.4 is 15.4 Å². The smallest absolute Gasteiger partial charge is 0.191 e. The third-order valence-electron chi connectivity index (χ3n) is 3.36. The Morgan fingerprint density at radius 3 is 2.67 bits per heavy atom. The molecule has 0 aliphatic heterocycles. The van der Waals surface area contributed by atoms with E-state index in [1.165, 1.54) is 0 Å². The Balaban J connectivity index is 1.89. The van der Waals surface area contributed by atoms with Crippen LogP contribution in [0.4, 0.5) is 0 Å². The molecule has 0 amide bonds. The van der Waals surface area contributed by atoms with Crippen molar-refractivity contribution in [1.82, 2.24) is 15.2 Å². The molecule has 0 saturated heterocycles. The Bertz CT molecular complexity index is 620. The first-order chi connectivity index (χ1) is 11.7. The van der Waals surface area contributed by atoms with Crippen LogP contribution in [0.25, 0.3) is 0 Å². The van der Waals surface area contributed by atoms with E-state index in [2.05, 4.69) is 45.6 Å². The summed E-state index contributed by atoms with van der Waals surface area (Å²) in [5.41, 5.74) is 1.13. The molecule has 1 heterocycles. The first-order valence-electron chi connectivity index (χ1n) is 8.56. The van der Waals surface area contributed by atoms with E-state index >= 15 is 0 Å². The van der Waals surface area contributed by atoms with E-state index in [0.717, 1.165) is 36.9 Å². The minimum absolute atomic E-state index is 0.177. The van der Waals surface area contributed by atoms with Gasteiger partial charge in [-0.15, -0.1) is 0 Å². The molecular formula is C19H28N4O. The predicted octanol–water partition coefficient (Wildman–Crippen LogP) is 3.03. The largest absolute Gasteiger partial charge is 0.491 e. The summed E-state index contributed by atoms with van der Waals surface area (Å²) in [6.07, 6.45) is 4.30. The van der Waals surface area contributed by atoms with Gasteiger partial charge in [-0.2, -0.15) is 0 Å². The second kappa shape index (κ2) is 9.65. The fourth-order valence-corrected chi connectivity index (χ4v) is 2.32. The van der Waals surface area contributed by atoms with Gasteiger partial charge in [0.1, 0.15) is 5.75 Å². The van der Waals surface area contributed by atoms with Crippen LogP contribution in [-0.2, 0) is 13.1 Å². The van der Waals surface area contributed by atoms with Crippen molar-refractivity contribution in [3.63, 3.8) is 0 Å². The molecule has 0 fully saturated rings. The monoisotopic (exact) mass is 328 g/mol. The fraction of sp³-hybridized carbons (Fsp3) is 0.421. The van der Waals surface area contributed by atoms with E-state index in [1.807, 2.05) is 44.2 Å². The van der Waals surface area contributed by atoms with Gasteiger partial charge in [-0.3, -0.25) is 0 Å². The summed E-state index contributed by atoms with van der Waals surface area (Å²) in [6, 6.07) is 12.2. The van der Waals surface area contributed by atoms with Crippen molar-refractivity contribution < 1.29 is 4.74 Å². The van der Waals surface area contributed by atoms with Crippen LogP contribution in [0.3, 0.4) is 0 Å². The number of rotatable bonds is 8. The summed E-state index contributed by atoms with van der Waals surface area (Å²) in [5.74, 6) is 1.73. The molecule has 24 heavy (non-hydrogen) atoms. The van der Waals surface area contributed by atoms with Crippen molar-refractivity contribution in [2.75, 3.05) is 13.1 Å². The molecule has 0 aliphatic carbocycles. The van der Waals surface area contributed by atoms with Crippen LogP contribution in [0.15, 0.2) is 53.8 Å². The maximum Gasteiger partial charge on any atom is 0.191 e. The number of aromatic nitrogens is 1. The lowest BCUT2D eigenvalue weighted by atomic mass is 10.2. The van der Waals surface area contributed by atoms with E-state index in [0.29, 0.717) is 6.54 Å². The van der Waals surface area contributed by atoms with Crippen LogP contribution >= 0.6 is 0 Å². The van der Waals surface area contributed by atoms with Crippen LogP contribution in [0.5, 0.6) is 5.75 Å². The van der Waals surface area contributed by atoms with Crippen molar-refractivity contribution in [3.8, 4) is 5.75 Å². The first-order valence-corrected chi connectivity index (χ1v) is 8.56. The van der Waals surface area contributed by atoms with Gasteiger partial charge in [-0.1, -0.05) is 12.1 Å². The van der Waals surface area contributed by atoms with Crippen LogP contribution in [0.2, 0.25) is 0 Å². The lowest BCUT2D eigenvalue weighted by Crippen LogP contribution is -2.38. The van der Waals surface area contributed by atoms with Gasteiger partial charge >= 0.3 is 0 Å². The number of hydrogen-bond acceptors (Lipinski definition) is 2. The second-order valence-corrected chi connectivity index (χ2v) is 5.86. The van der Waals surface area contributed by atoms with Crippen molar-refractivity contribution in [1.29, 1.82) is 0 Å². The lowest BCUT2D eigenvalue weighted by molar-refractivity contribution is 0.242. The minimum atomic E-state index is 0.177. The Morgan fingerprint density at radius 2 is 1.96 bits per heavy atom. The van der Waals surface area contributed by atoms with Crippen LogP contribution in [-0.4, -0.2) is 29.7 Å². The van der Waals surface area contributed by atoms with E-state index in [9.17, 15) is 0 Å². The molecule has 2 aromatic rings. The molecule has 0 spiro atoms. The Kier molecular flexibility index (Phi) is 7.21. The average Bonchev–Trinajstić information content (AvgIpc) is 3.06. The number of hydrogen-bond donors (Lipinski definition) is 2. The Labute approximate surface area is 144 Å². The molecule has 0 atom stereocenters. The fourth-order valence-electron chi connectivity index (χ4n) is 2.32. The van der Waals surface area contributed by atoms with E-state index in [1.54, 1.807) is 0 Å². The van der Waals surface area contributed by atoms with Gasteiger partial charge in [-0.25, -0.2) is 4.99 Å². The summed E-state index contributed by atoms with van der Waals surface area (Å²) >= 11 is 0. The molecule has 2 rings (SSSR count). The van der Waals surface area contributed by atoms with Crippen molar-refractivity contribution >= 4 is 5.96 Å². The average molecular weight is 328 g/mol. The zero-order chi connectivity index (χ0) is 17.2. The molecule has 0 aliphatic rings. The highest BCUT2D eigenvalue weighted by molar-refractivity contribution is 5.79. The SMILES string of the molecule is CCNC(=NCc1cccc(OC(C)C)c1)NCCn1cccc1. The summed E-state index contributed by atoms with van der Waals surface area (Å²) in [4.78, 5) is 4.65. The van der Waals surface area contributed by atoms with Gasteiger partial charge in [0.15, 0.2) is 5.96 Å². The van der Waals surface area contributed by atoms with Gasteiger partial charge in [0.25, 0.3) is 0 Å². The molecule has 0 saturated carbocycles. The zero-order valence-electron chi connectivity index (χ0n) is 14.8. The molecule has 5 nitrogen and oxygen atoms in total. The van der Waals surface area contributed by atoms with Crippen LogP contribution in [0.1, 0.15) is 26.3 Å². The molecule has 0 radical (unpaired) electrons. The Hall–Kier alpha value is -2.43. The number of nitrogens with zero attached hydrogens (tertiary/aromatic N) is 2. The van der Waals surface area contributed by atoms with Gasteiger partial charge in [0, 0.05) is 32.0 Å². The molecule has 0 bridgehead atoms. The number of ether oxygens (including phenoxy) is 1. The van der Waals surface area contributed by atoms with E-state index in [4.69, 9.17) is 4.74 Å². The molecule has 1 aromatic heterocycles. The number of guanidine groups is 1. The number of nitrogens with one attached hydrogen (secondary N) is 2. The van der Waals surface area contributed by atoms with Gasteiger partial charge in [-0.05, 0) is 50.6 Å². The predicted molar refractivity (Wildman–Crippen MR) is 99.5 cm³/mol. The van der Waals surface area contributed by atoms with Crippen molar-refractivity contribution in [2.45, 2.75) is 40.0 Å². The van der Waals surface area contributed by atoms with Gasteiger partial charge in [0.05, 0.1) is 12.6 Å². The van der Waals surface area contributed by atoms with Crippen LogP contribution in [0, 0.1) is 0 Å². The maximum absolute atomic E-state index is 5.73. The third kappa shape index (κ3) is 6.36. The second-order valence-electron chi connectivity index (χ2n) is 5.86. The summed E-state index contributed by atoms with van der Waals surface area (Å²) in [5, 5.41) is 6.64. The first kappa shape index (κ1) is 17.9. The summed E-state index contributed by atoms with van der Waals surface area (Å²) in [7, 11) is 0. The van der Waals surface area contributed by atoms with Gasteiger partial charge < -0.3 is 19.9 Å². The summed E-state index contributed by atoms with van der Waals surface area (Å²) < 4.78 is 7.88. The molecular weight excluding hydrogens is 300 g/mol. The molecule has 5 heteroatoms. The highest BCUT2D eigenvalue weighted by Crippen LogP contribution is 2.15. The highest BCUT2D eigenvalue weighted by Gasteiger charge is 2.01. The molecule has 1 aromatic carbocycles. The number of aliphatic imine (C=N–C) groups is 1. The molecule has 0 unspecified atom stereocenters. The standard InChI is InChI=1S/C19H28N4O/c1-4-20-19(21-10-13-23-11-5-6-12-23)22-15-17-8-7-9-18(14-17)24-16(2)3/h5-9,11-12,14,16H,4,10,13,15H2,1-3H3,(H2,20,21,22). The topological polar surface area (TPSA) is 50.6 Å². The minimum Gasteiger partial charge on any atom is -0.491 e. The maximum atomic E-state index is 5.73. The van der Waals surface area contributed by atoms with Crippen molar-refractivity contribution in [2.24, 2.45) is 4.99 Å². The third-order valence-corrected chi connectivity index (χ3v) is 3.36. The number of benzene rings is 1. The van der Waals surface area contributed by atoms with Crippen molar-refractivity contribution in [3.05, 3.63) is 54.4 Å². The molecule has 2 N–H and O–H groups in total. The van der Waals surface area contributed by atoms with E-state index < -0.39 is 0 Å². The molecule has 130 valence electrons. The summed E-state index contributed by atoms with van der Waals surface area (Å²) in [6.45, 7) is 9.33. The normalized spacial score (nSPS) is 11.6. The quantitative estimate of drug-likeness (QED) is 0.578. The van der Waals surface area contributed by atoms with Gasteiger partial charge in [0.2, 0.25) is 0 Å². The lowest BCUT2D eigenvalue weighted by Gasteiger charge is -2.12. The zero-order valence-corrected chi connectivity index (χ0v) is 14.8. The van der Waals surface area contributed by atoms with E-state index in [-0.39, 0.29) is 6.10 Å². The highest BCUT2D eigenvalue weighted by atomic mass is 16.5. The Morgan fingerprint density at radius 1 is 1.17 bits per heavy atom.